The van der Waals surface area contributed by atoms with E-state index in [9.17, 15) is 0 Å². The van der Waals surface area contributed by atoms with Crippen LogP contribution in [0.3, 0.4) is 0 Å². The van der Waals surface area contributed by atoms with Gasteiger partial charge in [0, 0.05) is 51.2 Å². The summed E-state index contributed by atoms with van der Waals surface area (Å²) in [5.41, 5.74) is 2.63. The van der Waals surface area contributed by atoms with Gasteiger partial charge in [-0.25, -0.2) is 0 Å². The monoisotopic (exact) mass is 391 g/mol. The lowest BCUT2D eigenvalue weighted by Gasteiger charge is -2.34. The van der Waals surface area contributed by atoms with Crippen LogP contribution in [0, 0.1) is 6.92 Å². The normalized spacial score (nSPS) is 16.5. The maximum absolute atomic E-state index is 4.35. The zero-order valence-electron chi connectivity index (χ0n) is 17.6. The molecule has 6 heteroatoms. The highest BCUT2D eigenvalue weighted by atomic mass is 32.2. The highest BCUT2D eigenvalue weighted by molar-refractivity contribution is 7.98. The van der Waals surface area contributed by atoms with Crippen LogP contribution in [-0.4, -0.2) is 74.9 Å². The summed E-state index contributed by atoms with van der Waals surface area (Å²) in [5.74, 6) is 0.888. The molecule has 0 spiro atoms. The molecule has 1 saturated heterocycles. The molecule has 27 heavy (non-hydrogen) atoms. The van der Waals surface area contributed by atoms with Crippen LogP contribution in [0.4, 0.5) is 0 Å². The van der Waals surface area contributed by atoms with Crippen molar-refractivity contribution in [3.8, 4) is 0 Å². The number of unbranched alkanes of at least 4 members (excludes halogenated alkanes) is 1. The Kier molecular flexibility index (Phi) is 10.0. The average Bonchev–Trinajstić information content (AvgIpc) is 2.71. The van der Waals surface area contributed by atoms with Crippen molar-refractivity contribution in [3.05, 3.63) is 29.3 Å². The van der Waals surface area contributed by atoms with E-state index in [1.54, 1.807) is 11.8 Å². The van der Waals surface area contributed by atoms with Crippen molar-refractivity contribution in [2.24, 2.45) is 4.99 Å². The summed E-state index contributed by atoms with van der Waals surface area (Å²) in [7, 11) is 1.84. The van der Waals surface area contributed by atoms with Gasteiger partial charge >= 0.3 is 0 Å². The van der Waals surface area contributed by atoms with Crippen LogP contribution in [0.25, 0.3) is 0 Å². The van der Waals surface area contributed by atoms with Crippen molar-refractivity contribution in [2.45, 2.75) is 38.1 Å². The summed E-state index contributed by atoms with van der Waals surface area (Å²) in [6, 6.07) is 6.63. The molecule has 1 aromatic carbocycles. The number of rotatable bonds is 9. The van der Waals surface area contributed by atoms with E-state index in [-0.39, 0.29) is 0 Å². The van der Waals surface area contributed by atoms with Gasteiger partial charge in [-0.05, 0) is 56.3 Å². The number of aryl methyl sites for hydroxylation is 1. The molecule has 0 aliphatic carbocycles. The van der Waals surface area contributed by atoms with E-state index in [1.807, 2.05) is 7.05 Å². The average molecular weight is 392 g/mol. The van der Waals surface area contributed by atoms with E-state index in [2.05, 4.69) is 63.7 Å². The lowest BCUT2D eigenvalue weighted by molar-refractivity contribution is 0.136. The molecule has 0 radical (unpaired) electrons. The molecule has 0 amide bonds. The minimum atomic E-state index is 0.803. The number of nitrogens with one attached hydrogen (secondary N) is 2. The molecule has 0 atom stereocenters. The van der Waals surface area contributed by atoms with Crippen molar-refractivity contribution in [1.82, 2.24) is 20.4 Å². The highest BCUT2D eigenvalue weighted by Gasteiger charge is 2.14. The Morgan fingerprint density at radius 1 is 1.11 bits per heavy atom. The number of benzene rings is 1. The molecule has 1 aliphatic rings. The van der Waals surface area contributed by atoms with Crippen LogP contribution >= 0.6 is 11.8 Å². The number of hydrogen-bond acceptors (Lipinski definition) is 4. The number of hydrogen-bond donors (Lipinski definition) is 2. The molecule has 2 N–H and O–H groups in total. The van der Waals surface area contributed by atoms with Crippen molar-refractivity contribution in [2.75, 3.05) is 59.1 Å². The zero-order chi connectivity index (χ0) is 19.5. The van der Waals surface area contributed by atoms with E-state index >= 15 is 0 Å². The third-order valence-electron chi connectivity index (χ3n) is 5.22. The number of aliphatic imine (C=N–C) groups is 1. The third-order valence-corrected chi connectivity index (χ3v) is 6.04. The molecule has 0 saturated carbocycles. The maximum Gasteiger partial charge on any atom is 0.191 e. The molecule has 1 fully saturated rings. The van der Waals surface area contributed by atoms with Gasteiger partial charge in [-0.1, -0.05) is 19.1 Å². The third kappa shape index (κ3) is 7.72. The highest BCUT2D eigenvalue weighted by Crippen LogP contribution is 2.21. The Bertz CT molecular complexity index is 582. The van der Waals surface area contributed by atoms with Gasteiger partial charge in [0.05, 0.1) is 0 Å². The lowest BCUT2D eigenvalue weighted by atomic mass is 10.1. The van der Waals surface area contributed by atoms with Gasteiger partial charge in [-0.3, -0.25) is 4.99 Å². The van der Waals surface area contributed by atoms with Crippen LogP contribution < -0.4 is 10.6 Å². The van der Waals surface area contributed by atoms with E-state index in [4.69, 9.17) is 0 Å². The van der Waals surface area contributed by atoms with Crippen molar-refractivity contribution < 1.29 is 0 Å². The Morgan fingerprint density at radius 3 is 2.52 bits per heavy atom. The molecule has 1 heterocycles. The molecule has 1 aromatic rings. The number of guanidine groups is 1. The first-order chi connectivity index (χ1) is 13.2. The van der Waals surface area contributed by atoms with Gasteiger partial charge in [-0.15, -0.1) is 11.8 Å². The topological polar surface area (TPSA) is 42.9 Å². The SMILES string of the molecule is CCN1CCN(CCCCNC(=NC)NCc2ccc(C)cc2SC)CC1. The van der Waals surface area contributed by atoms with Gasteiger partial charge in [0.1, 0.15) is 0 Å². The number of thioether (sulfide) groups is 1. The summed E-state index contributed by atoms with van der Waals surface area (Å²) in [5, 5.41) is 6.89. The fraction of sp³-hybridized carbons (Fsp3) is 0.667. The van der Waals surface area contributed by atoms with Gasteiger partial charge in [0.2, 0.25) is 0 Å². The largest absolute Gasteiger partial charge is 0.356 e. The summed E-state index contributed by atoms with van der Waals surface area (Å²) in [6.45, 7) is 13.5. The quantitative estimate of drug-likeness (QED) is 0.293. The van der Waals surface area contributed by atoms with Crippen LogP contribution in [0.15, 0.2) is 28.1 Å². The summed E-state index contributed by atoms with van der Waals surface area (Å²) < 4.78 is 0. The Morgan fingerprint density at radius 2 is 1.85 bits per heavy atom. The number of likely N-dealkylation sites (N-methyl/N-ethyl adjacent to an activating group) is 1. The van der Waals surface area contributed by atoms with Crippen molar-refractivity contribution in [3.63, 3.8) is 0 Å². The van der Waals surface area contributed by atoms with Crippen molar-refractivity contribution in [1.29, 1.82) is 0 Å². The van der Waals surface area contributed by atoms with Gasteiger partial charge in [0.25, 0.3) is 0 Å². The molecule has 5 nitrogen and oxygen atoms in total. The van der Waals surface area contributed by atoms with Crippen LogP contribution in [-0.2, 0) is 6.54 Å². The summed E-state index contributed by atoms with van der Waals surface area (Å²) in [4.78, 5) is 10.8. The minimum absolute atomic E-state index is 0.803. The van der Waals surface area contributed by atoms with Crippen LogP contribution in [0.5, 0.6) is 0 Å². The standard InChI is InChI=1S/C21H37N5S/c1-5-25-12-14-26(15-13-25)11-7-6-10-23-21(22-3)24-17-19-9-8-18(2)16-20(19)27-4/h8-9,16H,5-7,10-15,17H2,1-4H3,(H2,22,23,24). The van der Waals surface area contributed by atoms with Gasteiger partial charge in [-0.2, -0.15) is 0 Å². The second-order valence-corrected chi connectivity index (χ2v) is 8.00. The molecule has 152 valence electrons. The first kappa shape index (κ1) is 22.1. The predicted molar refractivity (Wildman–Crippen MR) is 119 cm³/mol. The first-order valence-corrected chi connectivity index (χ1v) is 11.4. The Hall–Kier alpha value is -1.24. The lowest BCUT2D eigenvalue weighted by Crippen LogP contribution is -2.46. The Labute approximate surface area is 170 Å². The second-order valence-electron chi connectivity index (χ2n) is 7.15. The minimum Gasteiger partial charge on any atom is -0.356 e. The molecule has 0 aromatic heterocycles. The van der Waals surface area contributed by atoms with Crippen molar-refractivity contribution >= 4 is 17.7 Å². The summed E-state index contributed by atoms with van der Waals surface area (Å²) >= 11 is 1.80. The predicted octanol–water partition coefficient (Wildman–Crippen LogP) is 2.80. The number of nitrogens with zero attached hydrogens (tertiary/aromatic N) is 3. The maximum atomic E-state index is 4.35. The van der Waals surface area contributed by atoms with E-state index in [0.717, 1.165) is 19.0 Å². The molecule has 0 unspecified atom stereocenters. The van der Waals surface area contributed by atoms with E-state index in [1.165, 1.54) is 68.1 Å². The van der Waals surface area contributed by atoms with Crippen LogP contribution in [0.1, 0.15) is 30.9 Å². The number of piperazine rings is 1. The first-order valence-electron chi connectivity index (χ1n) is 10.2. The molecule has 1 aliphatic heterocycles. The molecular formula is C21H37N5S. The molecule has 2 rings (SSSR count). The van der Waals surface area contributed by atoms with Crippen LogP contribution in [0.2, 0.25) is 0 Å². The smallest absolute Gasteiger partial charge is 0.191 e. The van der Waals surface area contributed by atoms with Gasteiger partial charge < -0.3 is 20.4 Å². The Balaban J connectivity index is 1.62. The summed E-state index contributed by atoms with van der Waals surface area (Å²) in [6.07, 6.45) is 4.55. The van der Waals surface area contributed by atoms with E-state index < -0.39 is 0 Å². The fourth-order valence-corrected chi connectivity index (χ4v) is 4.10. The zero-order valence-corrected chi connectivity index (χ0v) is 18.4. The van der Waals surface area contributed by atoms with Gasteiger partial charge in [0.15, 0.2) is 5.96 Å². The van der Waals surface area contributed by atoms with E-state index in [0.29, 0.717) is 0 Å². The molecule has 0 bridgehead atoms. The molecular weight excluding hydrogens is 354 g/mol. The fourth-order valence-electron chi connectivity index (χ4n) is 3.39. The second kappa shape index (κ2) is 12.3.